The summed E-state index contributed by atoms with van der Waals surface area (Å²) in [5.41, 5.74) is 15.8. The summed E-state index contributed by atoms with van der Waals surface area (Å²) in [4.78, 5) is 30.4. The molecule has 10 heteroatoms. The first kappa shape index (κ1) is 27.3. The highest BCUT2D eigenvalue weighted by Gasteiger charge is 2.19. The van der Waals surface area contributed by atoms with Gasteiger partial charge in [0, 0.05) is 16.8 Å². The Hall–Kier alpha value is -4.73. The second-order valence-corrected chi connectivity index (χ2v) is 9.05. The smallest absolute Gasteiger partial charge is 0.322 e. The Kier molecular flexibility index (Phi) is 8.88. The summed E-state index contributed by atoms with van der Waals surface area (Å²) in [6, 6.07) is 17.0. The van der Waals surface area contributed by atoms with Crippen LogP contribution in [0.1, 0.15) is 52.7 Å². The van der Waals surface area contributed by atoms with E-state index in [-0.39, 0.29) is 24.2 Å². The van der Waals surface area contributed by atoms with Crippen molar-refractivity contribution in [2.24, 2.45) is 15.8 Å². The highest BCUT2D eigenvalue weighted by molar-refractivity contribution is 6.02. The van der Waals surface area contributed by atoms with Gasteiger partial charge in [-0.05, 0) is 78.8 Å². The second-order valence-electron chi connectivity index (χ2n) is 9.05. The van der Waals surface area contributed by atoms with Crippen molar-refractivity contribution >= 4 is 29.2 Å². The molecule has 8 nitrogen and oxygen atoms in total. The van der Waals surface area contributed by atoms with Crippen LogP contribution < -0.4 is 16.0 Å². The molecule has 0 unspecified atom stereocenters. The Balaban J connectivity index is 1.57. The third-order valence-electron chi connectivity index (χ3n) is 6.44. The normalized spacial score (nSPS) is 13.4. The Morgan fingerprint density at radius 3 is 2.28 bits per heavy atom. The van der Waals surface area contributed by atoms with E-state index < -0.39 is 29.5 Å². The highest BCUT2D eigenvalue weighted by atomic mass is 19.1. The summed E-state index contributed by atoms with van der Waals surface area (Å²) in [7, 11) is 0. The number of urea groups is 1. The first-order valence-electron chi connectivity index (χ1n) is 12.5. The van der Waals surface area contributed by atoms with Gasteiger partial charge in [-0.15, -0.1) is 5.11 Å². The van der Waals surface area contributed by atoms with Gasteiger partial charge in [0.05, 0.1) is 13.1 Å². The van der Waals surface area contributed by atoms with Gasteiger partial charge < -0.3 is 11.1 Å². The Morgan fingerprint density at radius 2 is 1.67 bits per heavy atom. The molecule has 0 atom stereocenters. The van der Waals surface area contributed by atoms with Crippen LogP contribution in [-0.4, -0.2) is 17.9 Å². The number of hydrogen-bond acceptors (Lipinski definition) is 3. The molecule has 1 aliphatic carbocycles. The highest BCUT2D eigenvalue weighted by Crippen LogP contribution is 2.29. The van der Waals surface area contributed by atoms with Gasteiger partial charge in [0.15, 0.2) is 0 Å². The summed E-state index contributed by atoms with van der Waals surface area (Å²) >= 11 is 0. The van der Waals surface area contributed by atoms with E-state index in [1.165, 1.54) is 35.1 Å². The summed E-state index contributed by atoms with van der Waals surface area (Å²) in [6.45, 7) is -0.206. The number of nitrogens with one attached hydrogen (secondary N) is 2. The molecule has 0 radical (unpaired) electrons. The number of nitrogens with two attached hydrogens (primary N) is 1. The van der Waals surface area contributed by atoms with Crippen molar-refractivity contribution in [1.29, 1.82) is 5.53 Å². The molecule has 0 heterocycles. The molecule has 200 valence electrons. The molecule has 3 amide bonds. The van der Waals surface area contributed by atoms with Crippen LogP contribution in [0.25, 0.3) is 5.57 Å². The fraction of sp³-hybridized carbons (Fsp3) is 0.207. The second kappa shape index (κ2) is 12.7. The van der Waals surface area contributed by atoms with Crippen LogP contribution in [0.3, 0.4) is 0 Å². The molecule has 0 aliphatic heterocycles. The zero-order valence-electron chi connectivity index (χ0n) is 21.2. The quantitative estimate of drug-likeness (QED) is 0.188. The van der Waals surface area contributed by atoms with Gasteiger partial charge in [0.2, 0.25) is 5.96 Å². The minimum absolute atomic E-state index is 0.121. The van der Waals surface area contributed by atoms with E-state index in [9.17, 15) is 18.4 Å². The molecule has 0 bridgehead atoms. The molecule has 0 saturated carbocycles. The lowest BCUT2D eigenvalue weighted by Gasteiger charge is -2.24. The molecule has 3 aromatic carbocycles. The van der Waals surface area contributed by atoms with Crippen molar-refractivity contribution in [3.05, 3.63) is 107 Å². The van der Waals surface area contributed by atoms with Gasteiger partial charge >= 0.3 is 6.03 Å². The molecule has 0 spiro atoms. The van der Waals surface area contributed by atoms with E-state index in [0.717, 1.165) is 37.0 Å². The van der Waals surface area contributed by atoms with Gasteiger partial charge in [-0.1, -0.05) is 36.4 Å². The molecule has 0 fully saturated rings. The number of amides is 3. The summed E-state index contributed by atoms with van der Waals surface area (Å²) in [5, 5.41) is 5.52. The molecule has 3 aromatic rings. The minimum Gasteiger partial charge on any atom is -0.366 e. The Bertz CT molecular complexity index is 1400. The van der Waals surface area contributed by atoms with Crippen molar-refractivity contribution in [3.63, 3.8) is 0 Å². The Morgan fingerprint density at radius 1 is 0.974 bits per heavy atom. The van der Waals surface area contributed by atoms with Crippen LogP contribution in [0.4, 0.5) is 19.3 Å². The largest absolute Gasteiger partial charge is 0.366 e. The number of anilines is 1. The fourth-order valence-electron chi connectivity index (χ4n) is 4.33. The maximum atomic E-state index is 14.1. The minimum atomic E-state index is -0.742. The standard InChI is InChI=1S/C29H28F2N6O2/c30-25-7-4-8-26(31)24(25)17-34-29(39)37(23-15-13-21(14-16-23)20-5-2-1-3-6-20)18-19-9-11-22(12-10-19)27(38)35-28(32)36-33/h4-5,7-16,33H,1-3,6,17-18H2,(H,34,39)(H2,32,35,38). The average Bonchev–Trinajstić information content (AvgIpc) is 2.96. The van der Waals surface area contributed by atoms with Crippen molar-refractivity contribution in [1.82, 2.24) is 5.32 Å². The lowest BCUT2D eigenvalue weighted by atomic mass is 9.93. The summed E-state index contributed by atoms with van der Waals surface area (Å²) in [5.74, 6) is -2.59. The van der Waals surface area contributed by atoms with Gasteiger partial charge in [0.25, 0.3) is 5.91 Å². The number of hydrogen-bond donors (Lipinski definition) is 3. The van der Waals surface area contributed by atoms with Crippen molar-refractivity contribution in [3.8, 4) is 0 Å². The number of guanidine groups is 1. The first-order valence-corrected chi connectivity index (χ1v) is 12.5. The number of benzene rings is 3. The van der Waals surface area contributed by atoms with Gasteiger partial charge in [0.1, 0.15) is 11.6 Å². The van der Waals surface area contributed by atoms with E-state index in [4.69, 9.17) is 11.3 Å². The van der Waals surface area contributed by atoms with Gasteiger partial charge in [-0.25, -0.2) is 19.1 Å². The molecule has 0 saturated heterocycles. The van der Waals surface area contributed by atoms with Crippen LogP contribution in [0.5, 0.6) is 0 Å². The number of allylic oxidation sites excluding steroid dienone is 2. The maximum Gasteiger partial charge on any atom is 0.322 e. The molecule has 1 aliphatic rings. The Labute approximate surface area is 224 Å². The SMILES string of the molecule is N=NC(N)=NC(=O)c1ccc(CN(C(=O)NCc2c(F)cccc2F)c2ccc(C3=CCCCC3)cc2)cc1. The van der Waals surface area contributed by atoms with Gasteiger partial charge in [-0.3, -0.25) is 9.69 Å². The van der Waals surface area contributed by atoms with Crippen LogP contribution in [0.2, 0.25) is 0 Å². The molecular formula is C29H28F2N6O2. The molecule has 0 aromatic heterocycles. The zero-order valence-corrected chi connectivity index (χ0v) is 21.2. The fourth-order valence-corrected chi connectivity index (χ4v) is 4.33. The lowest BCUT2D eigenvalue weighted by molar-refractivity contribution is 0.100. The van der Waals surface area contributed by atoms with Crippen LogP contribution in [-0.2, 0) is 13.1 Å². The number of aliphatic imine (C=N–C) groups is 1. The number of carbonyl (C=O) groups excluding carboxylic acids is 2. The van der Waals surface area contributed by atoms with Crippen LogP contribution >= 0.6 is 0 Å². The zero-order chi connectivity index (χ0) is 27.8. The number of carbonyl (C=O) groups is 2. The third kappa shape index (κ3) is 6.98. The maximum absolute atomic E-state index is 14.1. The van der Waals surface area contributed by atoms with Crippen LogP contribution in [0, 0.1) is 17.2 Å². The summed E-state index contributed by atoms with van der Waals surface area (Å²) in [6.07, 6.45) is 6.62. The van der Waals surface area contributed by atoms with E-state index in [2.05, 4.69) is 21.5 Å². The van der Waals surface area contributed by atoms with E-state index in [0.29, 0.717) is 11.3 Å². The van der Waals surface area contributed by atoms with E-state index in [1.807, 2.05) is 24.3 Å². The molecular weight excluding hydrogens is 502 g/mol. The number of halogens is 2. The topological polar surface area (TPSA) is 124 Å². The van der Waals surface area contributed by atoms with E-state index in [1.54, 1.807) is 12.1 Å². The monoisotopic (exact) mass is 530 g/mol. The number of rotatable bonds is 7. The lowest BCUT2D eigenvalue weighted by Crippen LogP contribution is -2.39. The molecule has 4 N–H and O–H groups in total. The van der Waals surface area contributed by atoms with E-state index >= 15 is 0 Å². The first-order chi connectivity index (χ1) is 18.9. The predicted molar refractivity (Wildman–Crippen MR) is 145 cm³/mol. The van der Waals surface area contributed by atoms with Crippen LogP contribution in [0.15, 0.2) is 82.9 Å². The molecule has 4 rings (SSSR count). The summed E-state index contributed by atoms with van der Waals surface area (Å²) < 4.78 is 28.3. The van der Waals surface area contributed by atoms with Crippen molar-refractivity contribution < 1.29 is 18.4 Å². The van der Waals surface area contributed by atoms with Crippen molar-refractivity contribution in [2.75, 3.05) is 4.90 Å². The predicted octanol–water partition coefficient (Wildman–Crippen LogP) is 6.32. The average molecular weight is 531 g/mol. The number of nitrogens with zero attached hydrogens (tertiary/aromatic N) is 3. The van der Waals surface area contributed by atoms with Crippen molar-refractivity contribution in [2.45, 2.75) is 38.8 Å². The third-order valence-corrected chi connectivity index (χ3v) is 6.44. The van der Waals surface area contributed by atoms with Gasteiger partial charge in [-0.2, -0.15) is 4.99 Å². The molecule has 39 heavy (non-hydrogen) atoms.